The first kappa shape index (κ1) is 18.5. The highest BCUT2D eigenvalue weighted by Crippen LogP contribution is 2.31. The zero-order valence-electron chi connectivity index (χ0n) is 15.9. The van der Waals surface area contributed by atoms with Gasteiger partial charge in [0.05, 0.1) is 0 Å². The molecule has 0 aromatic heterocycles. The minimum atomic E-state index is 0.00849. The number of benzene rings is 2. The van der Waals surface area contributed by atoms with E-state index < -0.39 is 0 Å². The molecule has 3 rings (SSSR count). The third-order valence-corrected chi connectivity index (χ3v) is 4.86. The van der Waals surface area contributed by atoms with Crippen LogP contribution in [0, 0.1) is 11.8 Å². The normalized spacial score (nSPS) is 15.9. The van der Waals surface area contributed by atoms with Crippen LogP contribution in [0.4, 0.5) is 0 Å². The van der Waals surface area contributed by atoms with Crippen LogP contribution in [0.2, 0.25) is 0 Å². The molecular formula is C23H28NO2. The maximum absolute atomic E-state index is 12.6. The molecule has 2 aromatic rings. The van der Waals surface area contributed by atoms with Crippen LogP contribution in [-0.4, -0.2) is 29.0 Å². The van der Waals surface area contributed by atoms with Crippen molar-refractivity contribution in [2.45, 2.75) is 39.5 Å². The summed E-state index contributed by atoms with van der Waals surface area (Å²) in [5.74, 6) is 0.642. The van der Waals surface area contributed by atoms with Crippen LogP contribution in [0.15, 0.2) is 48.5 Å². The molecule has 3 heteroatoms. The van der Waals surface area contributed by atoms with E-state index in [4.69, 9.17) is 0 Å². The smallest absolute Gasteiger partial charge is 0.253 e. The Morgan fingerprint density at radius 3 is 2.42 bits per heavy atom. The van der Waals surface area contributed by atoms with Gasteiger partial charge in [0.25, 0.3) is 5.91 Å². The summed E-state index contributed by atoms with van der Waals surface area (Å²) in [6.45, 7) is 8.15. The van der Waals surface area contributed by atoms with E-state index in [1.54, 1.807) is 24.3 Å². The Morgan fingerprint density at radius 2 is 1.77 bits per heavy atom. The van der Waals surface area contributed by atoms with E-state index in [1.165, 1.54) is 11.1 Å². The van der Waals surface area contributed by atoms with Crippen molar-refractivity contribution in [1.29, 1.82) is 0 Å². The number of rotatable bonds is 3. The Hall–Kier alpha value is -2.29. The number of hydrogen-bond acceptors (Lipinski definition) is 2. The van der Waals surface area contributed by atoms with Crippen LogP contribution in [0.25, 0.3) is 0 Å². The van der Waals surface area contributed by atoms with Crippen LogP contribution in [-0.2, 0) is 0 Å². The summed E-state index contributed by atoms with van der Waals surface area (Å²) in [4.78, 5) is 14.5. The number of phenols is 1. The molecule has 1 radical (unpaired) electrons. The van der Waals surface area contributed by atoms with Crippen molar-refractivity contribution in [3.05, 3.63) is 71.6 Å². The first-order valence-electron chi connectivity index (χ1n) is 9.36. The van der Waals surface area contributed by atoms with Crippen LogP contribution in [0.3, 0.4) is 0 Å². The third-order valence-electron chi connectivity index (χ3n) is 4.86. The second kappa shape index (κ2) is 7.53. The fourth-order valence-electron chi connectivity index (χ4n) is 3.64. The van der Waals surface area contributed by atoms with Crippen molar-refractivity contribution in [1.82, 2.24) is 4.90 Å². The van der Waals surface area contributed by atoms with Gasteiger partial charge in [-0.05, 0) is 59.9 Å². The van der Waals surface area contributed by atoms with Gasteiger partial charge in [0.15, 0.2) is 0 Å². The highest BCUT2D eigenvalue weighted by Gasteiger charge is 2.25. The van der Waals surface area contributed by atoms with Crippen LogP contribution >= 0.6 is 0 Å². The van der Waals surface area contributed by atoms with Gasteiger partial charge in [-0.1, -0.05) is 51.1 Å². The van der Waals surface area contributed by atoms with Crippen molar-refractivity contribution < 1.29 is 9.90 Å². The predicted molar refractivity (Wildman–Crippen MR) is 105 cm³/mol. The van der Waals surface area contributed by atoms with E-state index in [9.17, 15) is 9.90 Å². The van der Waals surface area contributed by atoms with E-state index in [0.29, 0.717) is 11.5 Å². The van der Waals surface area contributed by atoms with Crippen molar-refractivity contribution in [2.24, 2.45) is 5.41 Å². The van der Waals surface area contributed by atoms with Gasteiger partial charge < -0.3 is 10.0 Å². The summed E-state index contributed by atoms with van der Waals surface area (Å²) in [6.07, 6.45) is 4.25. The first-order valence-corrected chi connectivity index (χ1v) is 9.36. The number of amides is 1. The van der Waals surface area contributed by atoms with Gasteiger partial charge in [-0.15, -0.1) is 0 Å². The largest absolute Gasteiger partial charge is 0.508 e. The molecule has 0 bridgehead atoms. The zero-order chi connectivity index (χ0) is 18.7. The van der Waals surface area contributed by atoms with Gasteiger partial charge in [0.1, 0.15) is 5.75 Å². The maximum atomic E-state index is 12.6. The van der Waals surface area contributed by atoms with Gasteiger partial charge in [0.2, 0.25) is 0 Å². The van der Waals surface area contributed by atoms with E-state index in [-0.39, 0.29) is 17.1 Å². The highest BCUT2D eigenvalue weighted by atomic mass is 16.3. The SMILES string of the molecule is CC(C)(C)[CH]c1cccc(C2CCN(C(=O)c3cccc(O)c3)CC2)c1. The monoisotopic (exact) mass is 350 g/mol. The maximum Gasteiger partial charge on any atom is 0.253 e. The van der Waals surface area contributed by atoms with Crippen molar-refractivity contribution >= 4 is 5.91 Å². The molecule has 1 amide bonds. The minimum absolute atomic E-state index is 0.00849. The van der Waals surface area contributed by atoms with E-state index in [1.807, 2.05) is 4.90 Å². The molecule has 1 N–H and O–H groups in total. The Balaban J connectivity index is 1.63. The molecule has 137 valence electrons. The molecule has 0 aliphatic carbocycles. The second-order valence-corrected chi connectivity index (χ2v) is 8.30. The lowest BCUT2D eigenvalue weighted by molar-refractivity contribution is 0.0712. The van der Waals surface area contributed by atoms with E-state index in [2.05, 4.69) is 51.5 Å². The Morgan fingerprint density at radius 1 is 1.08 bits per heavy atom. The number of nitrogens with zero attached hydrogens (tertiary/aromatic N) is 1. The zero-order valence-corrected chi connectivity index (χ0v) is 15.9. The van der Waals surface area contributed by atoms with E-state index in [0.717, 1.165) is 25.9 Å². The summed E-state index contributed by atoms with van der Waals surface area (Å²) < 4.78 is 0. The fourth-order valence-corrected chi connectivity index (χ4v) is 3.64. The molecule has 3 nitrogen and oxygen atoms in total. The molecule has 1 aliphatic heterocycles. The van der Waals surface area contributed by atoms with Gasteiger partial charge in [-0.2, -0.15) is 0 Å². The second-order valence-electron chi connectivity index (χ2n) is 8.30. The van der Waals surface area contributed by atoms with Crippen LogP contribution in [0.1, 0.15) is 61.0 Å². The lowest BCUT2D eigenvalue weighted by atomic mass is 9.84. The molecule has 0 spiro atoms. The predicted octanol–water partition coefficient (Wildman–Crippen LogP) is 5.01. The van der Waals surface area contributed by atoms with Gasteiger partial charge in [-0.25, -0.2) is 0 Å². The number of likely N-dealkylation sites (tertiary alicyclic amines) is 1. The van der Waals surface area contributed by atoms with Gasteiger partial charge >= 0.3 is 0 Å². The standard InChI is InChI=1S/C23H28NO2/c1-23(2,3)16-17-6-4-7-19(14-17)18-10-12-24(13-11-18)22(26)20-8-5-9-21(25)15-20/h4-9,14-16,18,25H,10-13H2,1-3H3. The summed E-state index contributed by atoms with van der Waals surface area (Å²) in [6, 6.07) is 15.4. The molecule has 0 unspecified atom stereocenters. The van der Waals surface area contributed by atoms with Gasteiger partial charge in [-0.3, -0.25) is 4.79 Å². The molecule has 0 saturated carbocycles. The Bertz CT molecular complexity index is 768. The average Bonchev–Trinajstić information content (AvgIpc) is 2.60. The Kier molecular flexibility index (Phi) is 5.36. The minimum Gasteiger partial charge on any atom is -0.508 e. The molecule has 1 aliphatic rings. The lowest BCUT2D eigenvalue weighted by Crippen LogP contribution is -2.37. The molecule has 2 aromatic carbocycles. The van der Waals surface area contributed by atoms with Gasteiger partial charge in [0, 0.05) is 18.7 Å². The van der Waals surface area contributed by atoms with Crippen LogP contribution < -0.4 is 0 Å². The molecule has 1 saturated heterocycles. The average molecular weight is 350 g/mol. The molecule has 1 heterocycles. The number of piperidine rings is 1. The number of carbonyl (C=O) groups is 1. The summed E-state index contributed by atoms with van der Waals surface area (Å²) >= 11 is 0. The summed E-state index contributed by atoms with van der Waals surface area (Å²) in [5, 5.41) is 9.58. The topological polar surface area (TPSA) is 40.5 Å². The molecule has 0 atom stereocenters. The first-order chi connectivity index (χ1) is 12.3. The molecule has 1 fully saturated rings. The summed E-state index contributed by atoms with van der Waals surface area (Å²) in [5.41, 5.74) is 3.36. The van der Waals surface area contributed by atoms with E-state index >= 15 is 0 Å². The van der Waals surface area contributed by atoms with Crippen molar-refractivity contribution in [3.63, 3.8) is 0 Å². The number of carbonyl (C=O) groups excluding carboxylic acids is 1. The fraction of sp³-hybridized carbons (Fsp3) is 0.391. The lowest BCUT2D eigenvalue weighted by Gasteiger charge is -2.32. The highest BCUT2D eigenvalue weighted by molar-refractivity contribution is 5.94. The van der Waals surface area contributed by atoms with Crippen LogP contribution in [0.5, 0.6) is 5.75 Å². The van der Waals surface area contributed by atoms with Crippen molar-refractivity contribution in [2.75, 3.05) is 13.1 Å². The number of hydrogen-bond donors (Lipinski definition) is 1. The Labute approximate surface area is 156 Å². The molecule has 26 heavy (non-hydrogen) atoms. The quantitative estimate of drug-likeness (QED) is 0.845. The number of phenolic OH excluding ortho intramolecular Hbond substituents is 1. The number of aromatic hydroxyl groups is 1. The third kappa shape index (κ3) is 4.66. The van der Waals surface area contributed by atoms with Crippen molar-refractivity contribution in [3.8, 4) is 5.75 Å². The summed E-state index contributed by atoms with van der Waals surface area (Å²) in [7, 11) is 0. The molecular weight excluding hydrogens is 322 g/mol.